The first-order valence-corrected chi connectivity index (χ1v) is 9.09. The van der Waals surface area contributed by atoms with E-state index in [9.17, 15) is 4.79 Å². The van der Waals surface area contributed by atoms with Crippen LogP contribution in [0.5, 0.6) is 0 Å². The summed E-state index contributed by atoms with van der Waals surface area (Å²) in [7, 11) is 2.00. The minimum Gasteiger partial charge on any atom is -0.342 e. The molecule has 0 radical (unpaired) electrons. The summed E-state index contributed by atoms with van der Waals surface area (Å²) >= 11 is 1.78. The molecule has 1 heterocycles. The number of likely N-dealkylation sites (tertiary alicyclic amines) is 1. The molecule has 1 saturated heterocycles. The van der Waals surface area contributed by atoms with E-state index in [2.05, 4.69) is 29.0 Å². The Morgan fingerprint density at radius 2 is 1.95 bits per heavy atom. The van der Waals surface area contributed by atoms with Crippen LogP contribution < -0.4 is 5.32 Å². The summed E-state index contributed by atoms with van der Waals surface area (Å²) in [5.74, 6) is 2.79. The summed E-state index contributed by atoms with van der Waals surface area (Å²) in [5.41, 5.74) is 0. The smallest absolute Gasteiger partial charge is 0.232 e. The van der Waals surface area contributed by atoms with Gasteiger partial charge in [0, 0.05) is 25.4 Å². The van der Waals surface area contributed by atoms with Crippen molar-refractivity contribution < 1.29 is 4.79 Å². The number of carbonyl (C=O) groups is 1. The molecule has 0 atom stereocenters. The number of rotatable bonds is 9. The lowest BCUT2D eigenvalue weighted by Gasteiger charge is -2.32. The Bertz CT molecular complexity index is 264. The van der Waals surface area contributed by atoms with Crippen LogP contribution in [0.25, 0.3) is 0 Å². The first-order chi connectivity index (χ1) is 9.71. The van der Waals surface area contributed by atoms with Crippen molar-refractivity contribution >= 4 is 17.7 Å². The van der Waals surface area contributed by atoms with Crippen LogP contribution in [0.4, 0.5) is 0 Å². The molecule has 1 fully saturated rings. The lowest BCUT2D eigenvalue weighted by molar-refractivity contribution is -0.129. The molecule has 0 aromatic heterocycles. The van der Waals surface area contributed by atoms with Gasteiger partial charge < -0.3 is 15.1 Å². The van der Waals surface area contributed by atoms with Crippen LogP contribution >= 0.6 is 11.8 Å². The molecule has 0 unspecified atom stereocenters. The van der Waals surface area contributed by atoms with Crippen molar-refractivity contribution in [3.63, 3.8) is 0 Å². The number of hydrogen-bond donors (Lipinski definition) is 1. The number of hydrogen-bond acceptors (Lipinski definition) is 4. The molecule has 0 spiro atoms. The predicted molar refractivity (Wildman–Crippen MR) is 88.3 cm³/mol. The topological polar surface area (TPSA) is 35.6 Å². The van der Waals surface area contributed by atoms with E-state index >= 15 is 0 Å². The van der Waals surface area contributed by atoms with Crippen LogP contribution in [-0.2, 0) is 4.79 Å². The van der Waals surface area contributed by atoms with E-state index in [1.807, 2.05) is 7.05 Å². The largest absolute Gasteiger partial charge is 0.342 e. The van der Waals surface area contributed by atoms with Crippen LogP contribution in [0, 0.1) is 5.92 Å². The molecule has 1 N–H and O–H groups in total. The Hall–Kier alpha value is -0.260. The van der Waals surface area contributed by atoms with E-state index in [4.69, 9.17) is 0 Å². The highest BCUT2D eigenvalue weighted by Crippen LogP contribution is 2.17. The second kappa shape index (κ2) is 10.5. The maximum absolute atomic E-state index is 12.1. The van der Waals surface area contributed by atoms with Crippen molar-refractivity contribution in [3.8, 4) is 0 Å². The lowest BCUT2D eigenvalue weighted by atomic mass is 9.97. The van der Waals surface area contributed by atoms with Gasteiger partial charge in [0.25, 0.3) is 0 Å². The van der Waals surface area contributed by atoms with Gasteiger partial charge in [0.2, 0.25) is 5.91 Å². The summed E-state index contributed by atoms with van der Waals surface area (Å²) in [5, 5.41) is 3.23. The Kier molecular flexibility index (Phi) is 9.31. The molecule has 5 heteroatoms. The van der Waals surface area contributed by atoms with Gasteiger partial charge in [-0.1, -0.05) is 13.8 Å². The first kappa shape index (κ1) is 17.8. The van der Waals surface area contributed by atoms with Gasteiger partial charge in [-0.05, 0) is 45.4 Å². The average molecular weight is 302 g/mol. The Morgan fingerprint density at radius 3 is 2.50 bits per heavy atom. The van der Waals surface area contributed by atoms with E-state index in [-0.39, 0.29) is 0 Å². The van der Waals surface area contributed by atoms with Crippen molar-refractivity contribution in [2.45, 2.75) is 26.7 Å². The van der Waals surface area contributed by atoms with Gasteiger partial charge in [0.15, 0.2) is 0 Å². The second-order valence-electron chi connectivity index (χ2n) is 5.46. The Balaban J connectivity index is 2.11. The highest BCUT2D eigenvalue weighted by atomic mass is 32.2. The summed E-state index contributed by atoms with van der Waals surface area (Å²) in [6.07, 6.45) is 2.30. The van der Waals surface area contributed by atoms with E-state index in [1.165, 1.54) is 0 Å². The third-order valence-corrected chi connectivity index (χ3v) is 5.05. The molecule has 118 valence electrons. The molecule has 0 saturated carbocycles. The fourth-order valence-electron chi connectivity index (χ4n) is 2.66. The standard InChI is InChI=1S/C15H31N3OS/c1-4-17(5-2)10-11-20-13-15(19)18-8-6-14(7-9-18)12-16-3/h14,16H,4-13H2,1-3H3. The van der Waals surface area contributed by atoms with E-state index in [0.29, 0.717) is 11.7 Å². The Morgan fingerprint density at radius 1 is 1.30 bits per heavy atom. The SMILES string of the molecule is CCN(CC)CCSCC(=O)N1CCC(CNC)CC1. The van der Waals surface area contributed by atoms with Gasteiger partial charge in [-0.15, -0.1) is 0 Å². The van der Waals surface area contributed by atoms with Crippen molar-refractivity contribution in [1.82, 2.24) is 15.1 Å². The first-order valence-electron chi connectivity index (χ1n) is 7.93. The van der Waals surface area contributed by atoms with Crippen molar-refractivity contribution in [2.24, 2.45) is 5.92 Å². The zero-order chi connectivity index (χ0) is 14.8. The molecule has 0 aromatic carbocycles. The highest BCUT2D eigenvalue weighted by Gasteiger charge is 2.21. The van der Waals surface area contributed by atoms with Crippen LogP contribution in [0.15, 0.2) is 0 Å². The number of amides is 1. The Labute approximate surface area is 128 Å². The minimum atomic E-state index is 0.331. The third-order valence-electron chi connectivity index (χ3n) is 4.13. The van der Waals surface area contributed by atoms with Crippen molar-refractivity contribution in [2.75, 3.05) is 57.8 Å². The van der Waals surface area contributed by atoms with Crippen molar-refractivity contribution in [1.29, 1.82) is 0 Å². The third kappa shape index (κ3) is 6.46. The number of thioether (sulfide) groups is 1. The van der Waals surface area contributed by atoms with Gasteiger partial charge in [-0.2, -0.15) is 11.8 Å². The molecule has 0 bridgehead atoms. The van der Waals surface area contributed by atoms with Crippen molar-refractivity contribution in [3.05, 3.63) is 0 Å². The zero-order valence-corrected chi connectivity index (χ0v) is 14.2. The van der Waals surface area contributed by atoms with Gasteiger partial charge in [0.05, 0.1) is 5.75 Å². The molecule has 0 aromatic rings. The van der Waals surface area contributed by atoms with Crippen LogP contribution in [0.3, 0.4) is 0 Å². The van der Waals surface area contributed by atoms with Crippen LogP contribution in [-0.4, -0.2) is 73.5 Å². The monoisotopic (exact) mass is 301 g/mol. The quantitative estimate of drug-likeness (QED) is 0.655. The maximum atomic E-state index is 12.1. The highest BCUT2D eigenvalue weighted by molar-refractivity contribution is 7.99. The molecule has 20 heavy (non-hydrogen) atoms. The summed E-state index contributed by atoms with van der Waals surface area (Å²) < 4.78 is 0. The van der Waals surface area contributed by atoms with Gasteiger partial charge in [0.1, 0.15) is 0 Å². The molecule has 1 aliphatic heterocycles. The molecular formula is C15H31N3OS. The lowest BCUT2D eigenvalue weighted by Crippen LogP contribution is -2.41. The molecule has 4 nitrogen and oxygen atoms in total. The average Bonchev–Trinajstić information content (AvgIpc) is 2.48. The molecule has 0 aliphatic carbocycles. The predicted octanol–water partition coefficient (Wildman–Crippen LogP) is 1.52. The van der Waals surface area contributed by atoms with E-state index in [0.717, 1.165) is 63.8 Å². The zero-order valence-electron chi connectivity index (χ0n) is 13.4. The van der Waals surface area contributed by atoms with E-state index in [1.54, 1.807) is 11.8 Å². The molecule has 1 amide bonds. The van der Waals surface area contributed by atoms with Gasteiger partial charge in [-0.3, -0.25) is 4.79 Å². The number of carbonyl (C=O) groups excluding carboxylic acids is 1. The van der Waals surface area contributed by atoms with Crippen LogP contribution in [0.1, 0.15) is 26.7 Å². The fourth-order valence-corrected chi connectivity index (χ4v) is 3.55. The van der Waals surface area contributed by atoms with E-state index < -0.39 is 0 Å². The van der Waals surface area contributed by atoms with Gasteiger partial charge in [-0.25, -0.2) is 0 Å². The molecular weight excluding hydrogens is 270 g/mol. The normalized spacial score (nSPS) is 16.9. The summed E-state index contributed by atoms with van der Waals surface area (Å²) in [6, 6.07) is 0. The van der Waals surface area contributed by atoms with Crippen LogP contribution in [0.2, 0.25) is 0 Å². The number of piperidine rings is 1. The molecule has 1 rings (SSSR count). The minimum absolute atomic E-state index is 0.331. The summed E-state index contributed by atoms with van der Waals surface area (Å²) in [4.78, 5) is 16.6. The number of nitrogens with one attached hydrogen (secondary N) is 1. The van der Waals surface area contributed by atoms with Gasteiger partial charge >= 0.3 is 0 Å². The maximum Gasteiger partial charge on any atom is 0.232 e. The summed E-state index contributed by atoms with van der Waals surface area (Å²) in [6.45, 7) is 10.6. The number of nitrogens with zero attached hydrogens (tertiary/aromatic N) is 2. The molecule has 1 aliphatic rings. The second-order valence-corrected chi connectivity index (χ2v) is 6.57. The fraction of sp³-hybridized carbons (Fsp3) is 0.933.